The molecule has 10 heavy (non-hydrogen) atoms. The van der Waals surface area contributed by atoms with Crippen molar-refractivity contribution >= 4 is 39.3 Å². The average Bonchev–Trinajstić information content (AvgIpc) is 1.82. The van der Waals surface area contributed by atoms with E-state index in [-0.39, 0.29) is 16.8 Å². The van der Waals surface area contributed by atoms with Gasteiger partial charge < -0.3 is 11.5 Å². The maximum atomic E-state index is 5.60. The molecule has 0 atom stereocenters. The van der Waals surface area contributed by atoms with Gasteiger partial charge in [0.15, 0.2) is 0 Å². The van der Waals surface area contributed by atoms with Crippen molar-refractivity contribution in [2.24, 2.45) is 0 Å². The fourth-order valence-electron chi connectivity index (χ4n) is 0.453. The number of aromatic nitrogens is 2. The number of anilines is 2. The van der Waals surface area contributed by atoms with Crippen LogP contribution in [0.2, 0.25) is 5.02 Å². The quantitative estimate of drug-likeness (QED) is 0.645. The van der Waals surface area contributed by atoms with Crippen LogP contribution in [0.5, 0.6) is 0 Å². The molecule has 4 N–H and O–H groups in total. The Labute approximate surface area is 70.7 Å². The van der Waals surface area contributed by atoms with Gasteiger partial charge in [-0.15, -0.1) is 0 Å². The van der Waals surface area contributed by atoms with Crippen LogP contribution in [-0.2, 0) is 0 Å². The maximum absolute atomic E-state index is 5.60. The summed E-state index contributed by atoms with van der Waals surface area (Å²) in [6, 6.07) is 0. The molecule has 0 saturated heterocycles. The maximum Gasteiger partial charge on any atom is 0.223 e. The highest BCUT2D eigenvalue weighted by Gasteiger charge is 2.04. The van der Waals surface area contributed by atoms with Crippen molar-refractivity contribution in [3.63, 3.8) is 0 Å². The highest BCUT2D eigenvalue weighted by Crippen LogP contribution is 2.24. The first kappa shape index (κ1) is 7.56. The summed E-state index contributed by atoms with van der Waals surface area (Å²) in [7, 11) is 0. The number of hydrogen-bond donors (Lipinski definition) is 2. The van der Waals surface area contributed by atoms with Crippen molar-refractivity contribution in [3.8, 4) is 0 Å². The zero-order valence-corrected chi connectivity index (χ0v) is 7.15. The molecular formula is C4H4BrClN4. The van der Waals surface area contributed by atoms with Crippen molar-refractivity contribution in [1.29, 1.82) is 0 Å². The van der Waals surface area contributed by atoms with Crippen LogP contribution < -0.4 is 11.5 Å². The van der Waals surface area contributed by atoms with Gasteiger partial charge in [0.1, 0.15) is 15.4 Å². The number of rotatable bonds is 0. The molecule has 0 bridgehead atoms. The van der Waals surface area contributed by atoms with E-state index in [4.69, 9.17) is 23.1 Å². The molecule has 0 amide bonds. The lowest BCUT2D eigenvalue weighted by Gasteiger charge is -1.98. The zero-order valence-electron chi connectivity index (χ0n) is 4.81. The lowest BCUT2D eigenvalue weighted by Crippen LogP contribution is -2.00. The minimum absolute atomic E-state index is 0.105. The molecule has 0 unspecified atom stereocenters. The van der Waals surface area contributed by atoms with Gasteiger partial charge in [0.25, 0.3) is 0 Å². The van der Waals surface area contributed by atoms with E-state index >= 15 is 0 Å². The molecule has 1 heterocycles. The average molecular weight is 223 g/mol. The van der Waals surface area contributed by atoms with Crippen molar-refractivity contribution in [3.05, 3.63) is 9.63 Å². The summed E-state index contributed by atoms with van der Waals surface area (Å²) in [6.45, 7) is 0. The summed E-state index contributed by atoms with van der Waals surface area (Å²) in [5.74, 6) is 0.287. The predicted molar refractivity (Wildman–Crippen MR) is 43.6 cm³/mol. The summed E-state index contributed by atoms with van der Waals surface area (Å²) in [5.41, 5.74) is 10.6. The first-order valence-corrected chi connectivity index (χ1v) is 3.52. The summed E-state index contributed by atoms with van der Waals surface area (Å²) < 4.78 is 0.416. The van der Waals surface area contributed by atoms with Gasteiger partial charge >= 0.3 is 0 Å². The Hall–Kier alpha value is -0.550. The molecule has 4 nitrogen and oxygen atoms in total. The van der Waals surface area contributed by atoms with Gasteiger partial charge in [0.2, 0.25) is 5.95 Å². The molecule has 0 spiro atoms. The van der Waals surface area contributed by atoms with Gasteiger partial charge in [-0.1, -0.05) is 11.6 Å². The molecule has 54 valence electrons. The zero-order chi connectivity index (χ0) is 7.72. The fraction of sp³-hybridized carbons (Fsp3) is 0. The van der Waals surface area contributed by atoms with Gasteiger partial charge in [-0.3, -0.25) is 0 Å². The molecule has 1 aromatic heterocycles. The fourth-order valence-corrected chi connectivity index (χ4v) is 0.922. The number of nitrogens with two attached hydrogens (primary N) is 2. The molecule has 0 aliphatic heterocycles. The standard InChI is InChI=1S/C4H4BrClN4/c5-2-1(6)3(7)10-4(8)9-2/h(H4,7,8,9,10). The third-order valence-corrected chi connectivity index (χ3v) is 2.03. The van der Waals surface area contributed by atoms with Gasteiger partial charge in [-0.05, 0) is 15.9 Å². The first-order valence-electron chi connectivity index (χ1n) is 2.35. The largest absolute Gasteiger partial charge is 0.382 e. The van der Waals surface area contributed by atoms with E-state index in [2.05, 4.69) is 25.9 Å². The Kier molecular flexibility index (Phi) is 1.96. The molecule has 0 aliphatic rings. The Balaban J connectivity index is 3.31. The van der Waals surface area contributed by atoms with Gasteiger partial charge in [-0.2, -0.15) is 4.98 Å². The Morgan fingerprint density at radius 1 is 1.30 bits per heavy atom. The van der Waals surface area contributed by atoms with Crippen molar-refractivity contribution in [1.82, 2.24) is 9.97 Å². The van der Waals surface area contributed by atoms with E-state index < -0.39 is 0 Å². The minimum Gasteiger partial charge on any atom is -0.382 e. The van der Waals surface area contributed by atoms with Gasteiger partial charge in [-0.25, -0.2) is 4.98 Å². The van der Waals surface area contributed by atoms with Crippen molar-refractivity contribution in [2.75, 3.05) is 11.5 Å². The lowest BCUT2D eigenvalue weighted by atomic mass is 10.6. The number of hydrogen-bond acceptors (Lipinski definition) is 4. The second kappa shape index (κ2) is 2.59. The van der Waals surface area contributed by atoms with E-state index in [1.54, 1.807) is 0 Å². The van der Waals surface area contributed by atoms with Crippen LogP contribution in [0.3, 0.4) is 0 Å². The molecule has 0 aliphatic carbocycles. The summed E-state index contributed by atoms with van der Waals surface area (Å²) in [5, 5.41) is 0.286. The smallest absolute Gasteiger partial charge is 0.223 e. The topological polar surface area (TPSA) is 77.8 Å². The monoisotopic (exact) mass is 222 g/mol. The molecule has 0 aromatic carbocycles. The van der Waals surface area contributed by atoms with Crippen LogP contribution in [0.15, 0.2) is 4.60 Å². The predicted octanol–water partition coefficient (Wildman–Crippen LogP) is 1.06. The third-order valence-electron chi connectivity index (χ3n) is 0.854. The molecule has 0 fully saturated rings. The molecule has 6 heteroatoms. The van der Waals surface area contributed by atoms with Crippen LogP contribution >= 0.6 is 27.5 Å². The SMILES string of the molecule is Nc1nc(N)c(Cl)c(Br)n1. The van der Waals surface area contributed by atoms with E-state index in [9.17, 15) is 0 Å². The van der Waals surface area contributed by atoms with E-state index in [0.717, 1.165) is 0 Å². The number of nitrogens with zero attached hydrogens (tertiary/aromatic N) is 2. The summed E-state index contributed by atoms with van der Waals surface area (Å²) in [6.07, 6.45) is 0. The van der Waals surface area contributed by atoms with Crippen LogP contribution in [0.1, 0.15) is 0 Å². The van der Waals surface area contributed by atoms with Crippen LogP contribution in [-0.4, -0.2) is 9.97 Å². The van der Waals surface area contributed by atoms with E-state index in [1.165, 1.54) is 0 Å². The van der Waals surface area contributed by atoms with E-state index in [1.807, 2.05) is 0 Å². The molecular weight excluding hydrogens is 219 g/mol. The summed E-state index contributed by atoms with van der Waals surface area (Å²) in [4.78, 5) is 7.32. The molecule has 0 radical (unpaired) electrons. The second-order valence-corrected chi connectivity index (χ2v) is 2.70. The molecule has 1 aromatic rings. The first-order chi connectivity index (χ1) is 4.61. The number of nitrogen functional groups attached to an aromatic ring is 2. The summed E-state index contributed by atoms with van der Waals surface area (Å²) >= 11 is 8.65. The molecule has 0 saturated carbocycles. The lowest BCUT2D eigenvalue weighted by molar-refractivity contribution is 1.17. The van der Waals surface area contributed by atoms with Gasteiger partial charge in [0.05, 0.1) is 0 Å². The highest BCUT2D eigenvalue weighted by molar-refractivity contribution is 9.10. The van der Waals surface area contributed by atoms with Crippen LogP contribution in [0.25, 0.3) is 0 Å². The Morgan fingerprint density at radius 2 is 1.90 bits per heavy atom. The van der Waals surface area contributed by atoms with Gasteiger partial charge in [0, 0.05) is 0 Å². The third kappa shape index (κ3) is 1.30. The highest BCUT2D eigenvalue weighted by atomic mass is 79.9. The van der Waals surface area contributed by atoms with Crippen LogP contribution in [0.4, 0.5) is 11.8 Å². The number of halogens is 2. The van der Waals surface area contributed by atoms with E-state index in [0.29, 0.717) is 4.60 Å². The van der Waals surface area contributed by atoms with Crippen LogP contribution in [0, 0.1) is 0 Å². The normalized spacial score (nSPS) is 9.80. The molecule has 1 rings (SSSR count). The Bertz CT molecular complexity index is 240. The van der Waals surface area contributed by atoms with Crippen molar-refractivity contribution in [2.45, 2.75) is 0 Å². The Morgan fingerprint density at radius 3 is 2.40 bits per heavy atom. The minimum atomic E-state index is 0.105. The second-order valence-electron chi connectivity index (χ2n) is 1.57. The van der Waals surface area contributed by atoms with Crippen molar-refractivity contribution < 1.29 is 0 Å².